The topological polar surface area (TPSA) is 23.6 Å². The van der Waals surface area contributed by atoms with Crippen molar-refractivity contribution in [2.75, 3.05) is 32.7 Å². The average Bonchev–Trinajstić information content (AvgIpc) is 3.43. The van der Waals surface area contributed by atoms with Gasteiger partial charge in [-0.2, -0.15) is 0 Å². The SMILES string of the molecule is CCN(CC)C(=O)C[C@@H]1CC2(CCN(CC3CC3)CC2)c2ccccc21. The van der Waals surface area contributed by atoms with Gasteiger partial charge in [0, 0.05) is 26.1 Å². The lowest BCUT2D eigenvalue weighted by molar-refractivity contribution is -0.131. The third-order valence-corrected chi connectivity index (χ3v) is 7.17. The highest BCUT2D eigenvalue weighted by Gasteiger charge is 2.46. The number of hydrogen-bond donors (Lipinski definition) is 0. The van der Waals surface area contributed by atoms with Crippen LogP contribution in [0.3, 0.4) is 0 Å². The summed E-state index contributed by atoms with van der Waals surface area (Å²) in [6.45, 7) is 9.61. The van der Waals surface area contributed by atoms with E-state index in [1.54, 1.807) is 5.56 Å². The van der Waals surface area contributed by atoms with E-state index in [-0.39, 0.29) is 0 Å². The van der Waals surface area contributed by atoms with Crippen LogP contribution >= 0.6 is 0 Å². The Morgan fingerprint density at radius 1 is 1.15 bits per heavy atom. The first-order chi connectivity index (χ1) is 12.6. The van der Waals surface area contributed by atoms with Crippen molar-refractivity contribution in [3.8, 4) is 0 Å². The molecule has 3 heteroatoms. The lowest BCUT2D eigenvalue weighted by Gasteiger charge is -2.40. The number of amides is 1. The highest BCUT2D eigenvalue weighted by Crippen LogP contribution is 2.53. The van der Waals surface area contributed by atoms with Crippen LogP contribution in [0.15, 0.2) is 24.3 Å². The first-order valence-electron chi connectivity index (χ1n) is 10.7. The molecule has 3 aliphatic rings. The molecule has 142 valence electrons. The molecular formula is C23H34N2O. The number of fused-ring (bicyclic) bond motifs is 2. The van der Waals surface area contributed by atoms with Crippen LogP contribution in [0.2, 0.25) is 0 Å². The van der Waals surface area contributed by atoms with E-state index in [9.17, 15) is 4.79 Å². The second kappa shape index (κ2) is 7.34. The fourth-order valence-electron chi connectivity index (χ4n) is 5.43. The molecule has 1 aromatic rings. The second-order valence-corrected chi connectivity index (χ2v) is 8.78. The molecule has 3 nitrogen and oxygen atoms in total. The predicted molar refractivity (Wildman–Crippen MR) is 106 cm³/mol. The third kappa shape index (κ3) is 3.43. The van der Waals surface area contributed by atoms with E-state index in [1.807, 2.05) is 4.90 Å². The molecule has 0 unspecified atom stereocenters. The van der Waals surface area contributed by atoms with Crippen molar-refractivity contribution in [2.24, 2.45) is 5.92 Å². The number of likely N-dealkylation sites (tertiary alicyclic amines) is 1. The number of nitrogens with zero attached hydrogens (tertiary/aromatic N) is 2. The van der Waals surface area contributed by atoms with Crippen LogP contribution in [0.4, 0.5) is 0 Å². The van der Waals surface area contributed by atoms with Gasteiger partial charge in [0.05, 0.1) is 0 Å². The monoisotopic (exact) mass is 354 g/mol. The molecule has 1 atom stereocenters. The molecule has 1 amide bonds. The van der Waals surface area contributed by atoms with Gasteiger partial charge in [-0.25, -0.2) is 0 Å². The molecule has 1 aliphatic heterocycles. The molecule has 2 fully saturated rings. The summed E-state index contributed by atoms with van der Waals surface area (Å²) in [4.78, 5) is 17.4. The van der Waals surface area contributed by atoms with E-state index in [1.165, 1.54) is 57.3 Å². The number of benzene rings is 1. The molecule has 1 saturated heterocycles. The van der Waals surface area contributed by atoms with Crippen LogP contribution < -0.4 is 0 Å². The minimum atomic E-state index is 0.324. The summed E-state index contributed by atoms with van der Waals surface area (Å²) >= 11 is 0. The highest BCUT2D eigenvalue weighted by atomic mass is 16.2. The Labute approximate surface area is 158 Å². The van der Waals surface area contributed by atoms with Gasteiger partial charge in [-0.3, -0.25) is 4.79 Å². The first-order valence-corrected chi connectivity index (χ1v) is 10.7. The molecule has 1 spiro atoms. The summed E-state index contributed by atoms with van der Waals surface area (Å²) in [6.07, 6.45) is 7.29. The number of hydrogen-bond acceptors (Lipinski definition) is 2. The number of carbonyl (C=O) groups is 1. The number of rotatable bonds is 6. The normalized spacial score (nSPS) is 24.6. The minimum Gasteiger partial charge on any atom is -0.343 e. The Balaban J connectivity index is 1.48. The summed E-state index contributed by atoms with van der Waals surface area (Å²) in [5.74, 6) is 1.73. The molecule has 0 N–H and O–H groups in total. The molecule has 0 bridgehead atoms. The zero-order chi connectivity index (χ0) is 18.1. The summed E-state index contributed by atoms with van der Waals surface area (Å²) in [7, 11) is 0. The maximum Gasteiger partial charge on any atom is 0.223 e. The highest BCUT2D eigenvalue weighted by molar-refractivity contribution is 5.77. The van der Waals surface area contributed by atoms with Crippen LogP contribution in [0.25, 0.3) is 0 Å². The summed E-state index contributed by atoms with van der Waals surface area (Å²) in [5, 5.41) is 0. The van der Waals surface area contributed by atoms with Crippen LogP contribution in [0.5, 0.6) is 0 Å². The standard InChI is InChI=1S/C23H34N2O/c1-3-25(4-2)22(26)15-19-16-23(21-8-6-5-7-20(19)21)11-13-24(14-12-23)17-18-9-10-18/h5-8,18-19H,3-4,9-17H2,1-2H3/t19-/m1/s1. The Morgan fingerprint density at radius 2 is 1.85 bits per heavy atom. The van der Waals surface area contributed by atoms with E-state index < -0.39 is 0 Å². The Morgan fingerprint density at radius 3 is 2.50 bits per heavy atom. The molecule has 26 heavy (non-hydrogen) atoms. The van der Waals surface area contributed by atoms with Crippen molar-refractivity contribution in [1.82, 2.24) is 9.80 Å². The molecule has 0 radical (unpaired) electrons. The van der Waals surface area contributed by atoms with Gasteiger partial charge in [-0.15, -0.1) is 0 Å². The van der Waals surface area contributed by atoms with Crippen LogP contribution in [0, 0.1) is 5.92 Å². The second-order valence-electron chi connectivity index (χ2n) is 8.78. The Bertz CT molecular complexity index is 639. The van der Waals surface area contributed by atoms with Crippen molar-refractivity contribution in [2.45, 2.75) is 63.7 Å². The van der Waals surface area contributed by atoms with Crippen molar-refractivity contribution in [1.29, 1.82) is 0 Å². The summed E-state index contributed by atoms with van der Waals surface area (Å²) in [5.41, 5.74) is 3.34. The Hall–Kier alpha value is -1.35. The third-order valence-electron chi connectivity index (χ3n) is 7.17. The fraction of sp³-hybridized carbons (Fsp3) is 0.696. The van der Waals surface area contributed by atoms with Gasteiger partial charge in [-0.1, -0.05) is 24.3 Å². The quantitative estimate of drug-likeness (QED) is 0.765. The zero-order valence-corrected chi connectivity index (χ0v) is 16.5. The maximum absolute atomic E-state index is 12.7. The zero-order valence-electron chi connectivity index (χ0n) is 16.5. The minimum absolute atomic E-state index is 0.324. The van der Waals surface area contributed by atoms with E-state index in [0.717, 1.165) is 19.0 Å². The van der Waals surface area contributed by atoms with E-state index in [0.29, 0.717) is 23.7 Å². The van der Waals surface area contributed by atoms with Gasteiger partial charge in [0.1, 0.15) is 0 Å². The molecule has 1 saturated carbocycles. The van der Waals surface area contributed by atoms with Gasteiger partial charge in [-0.05, 0) is 87.4 Å². The predicted octanol–water partition coefficient (Wildman–Crippen LogP) is 4.18. The molecular weight excluding hydrogens is 320 g/mol. The van der Waals surface area contributed by atoms with Gasteiger partial charge in [0.25, 0.3) is 0 Å². The molecule has 4 rings (SSSR count). The van der Waals surface area contributed by atoms with Crippen LogP contribution in [-0.2, 0) is 10.2 Å². The van der Waals surface area contributed by atoms with Crippen LogP contribution in [-0.4, -0.2) is 48.4 Å². The molecule has 1 aromatic carbocycles. The largest absolute Gasteiger partial charge is 0.343 e. The number of piperidine rings is 1. The molecule has 0 aromatic heterocycles. The van der Waals surface area contributed by atoms with E-state index >= 15 is 0 Å². The molecule has 1 heterocycles. The van der Waals surface area contributed by atoms with Crippen molar-refractivity contribution < 1.29 is 4.79 Å². The van der Waals surface area contributed by atoms with Crippen molar-refractivity contribution in [3.05, 3.63) is 35.4 Å². The average molecular weight is 355 g/mol. The van der Waals surface area contributed by atoms with Gasteiger partial charge < -0.3 is 9.80 Å². The fourth-order valence-corrected chi connectivity index (χ4v) is 5.43. The van der Waals surface area contributed by atoms with Crippen LogP contribution in [0.1, 0.15) is 69.4 Å². The Kier molecular flexibility index (Phi) is 5.09. The van der Waals surface area contributed by atoms with Gasteiger partial charge >= 0.3 is 0 Å². The maximum atomic E-state index is 12.7. The number of carbonyl (C=O) groups excluding carboxylic acids is 1. The lowest BCUT2D eigenvalue weighted by atomic mass is 9.73. The van der Waals surface area contributed by atoms with Gasteiger partial charge in [0.2, 0.25) is 5.91 Å². The van der Waals surface area contributed by atoms with Crippen molar-refractivity contribution >= 4 is 5.91 Å². The first kappa shape index (κ1) is 18.0. The van der Waals surface area contributed by atoms with Gasteiger partial charge in [0.15, 0.2) is 0 Å². The van der Waals surface area contributed by atoms with E-state index in [4.69, 9.17) is 0 Å². The van der Waals surface area contributed by atoms with Crippen molar-refractivity contribution in [3.63, 3.8) is 0 Å². The summed E-state index contributed by atoms with van der Waals surface area (Å²) < 4.78 is 0. The molecule has 2 aliphatic carbocycles. The van der Waals surface area contributed by atoms with E-state index in [2.05, 4.69) is 43.0 Å². The summed E-state index contributed by atoms with van der Waals surface area (Å²) in [6, 6.07) is 9.01. The lowest BCUT2D eigenvalue weighted by Crippen LogP contribution is -2.42. The smallest absolute Gasteiger partial charge is 0.223 e.